The summed E-state index contributed by atoms with van der Waals surface area (Å²) in [6, 6.07) is 0. The third-order valence-electron chi connectivity index (χ3n) is 3.51. The number of nitrogens with zero attached hydrogens (tertiary/aromatic N) is 3. The SMILES string of the molecule is CCOC(=O)C1CCN(Cc2cncn2C)CC1. The number of aromatic nitrogens is 2. The predicted molar refractivity (Wildman–Crippen MR) is 67.8 cm³/mol. The van der Waals surface area contributed by atoms with E-state index in [4.69, 9.17) is 4.74 Å². The van der Waals surface area contributed by atoms with Gasteiger partial charge in [-0.15, -0.1) is 0 Å². The molecule has 0 radical (unpaired) electrons. The number of ether oxygens (including phenoxy) is 1. The fraction of sp³-hybridized carbons (Fsp3) is 0.692. The highest BCUT2D eigenvalue weighted by molar-refractivity contribution is 5.72. The molecule has 0 atom stereocenters. The van der Waals surface area contributed by atoms with E-state index in [1.165, 1.54) is 5.69 Å². The molecule has 0 aromatic carbocycles. The van der Waals surface area contributed by atoms with Gasteiger partial charge < -0.3 is 9.30 Å². The highest BCUT2D eigenvalue weighted by Gasteiger charge is 2.26. The minimum atomic E-state index is -0.0299. The maximum atomic E-state index is 11.6. The first-order valence-corrected chi connectivity index (χ1v) is 6.55. The Hall–Kier alpha value is -1.36. The Kier molecular flexibility index (Phi) is 4.36. The molecular formula is C13H21N3O2. The molecule has 1 fully saturated rings. The number of esters is 1. The zero-order valence-electron chi connectivity index (χ0n) is 11.1. The van der Waals surface area contributed by atoms with Crippen molar-refractivity contribution in [3.8, 4) is 0 Å². The average molecular weight is 251 g/mol. The van der Waals surface area contributed by atoms with Gasteiger partial charge in [-0.1, -0.05) is 0 Å². The van der Waals surface area contributed by atoms with Crippen molar-refractivity contribution >= 4 is 5.97 Å². The third-order valence-corrected chi connectivity index (χ3v) is 3.51. The van der Waals surface area contributed by atoms with Crippen molar-refractivity contribution < 1.29 is 9.53 Å². The smallest absolute Gasteiger partial charge is 0.309 e. The van der Waals surface area contributed by atoms with Crippen molar-refractivity contribution in [1.29, 1.82) is 0 Å². The molecule has 0 aliphatic carbocycles. The molecule has 0 bridgehead atoms. The molecule has 1 saturated heterocycles. The van der Waals surface area contributed by atoms with E-state index in [2.05, 4.69) is 9.88 Å². The molecule has 0 spiro atoms. The molecule has 100 valence electrons. The third kappa shape index (κ3) is 3.10. The summed E-state index contributed by atoms with van der Waals surface area (Å²) in [5.74, 6) is 0.0606. The summed E-state index contributed by atoms with van der Waals surface area (Å²) in [5, 5.41) is 0. The minimum Gasteiger partial charge on any atom is -0.466 e. The second-order valence-electron chi connectivity index (χ2n) is 4.80. The van der Waals surface area contributed by atoms with Crippen LogP contribution in [0, 0.1) is 5.92 Å². The summed E-state index contributed by atoms with van der Waals surface area (Å²) in [7, 11) is 2.01. The number of likely N-dealkylation sites (tertiary alicyclic amines) is 1. The lowest BCUT2D eigenvalue weighted by atomic mass is 9.97. The second kappa shape index (κ2) is 6.00. The van der Waals surface area contributed by atoms with Crippen LogP contribution in [0.4, 0.5) is 0 Å². The number of carbonyl (C=O) groups is 1. The fourth-order valence-electron chi connectivity index (χ4n) is 2.35. The number of imidazole rings is 1. The quantitative estimate of drug-likeness (QED) is 0.754. The maximum Gasteiger partial charge on any atom is 0.309 e. The van der Waals surface area contributed by atoms with Crippen molar-refractivity contribution in [2.75, 3.05) is 19.7 Å². The highest BCUT2D eigenvalue weighted by Crippen LogP contribution is 2.20. The van der Waals surface area contributed by atoms with E-state index >= 15 is 0 Å². The molecule has 0 saturated carbocycles. The van der Waals surface area contributed by atoms with E-state index in [1.54, 1.807) is 0 Å². The summed E-state index contributed by atoms with van der Waals surface area (Å²) in [6.07, 6.45) is 5.52. The van der Waals surface area contributed by atoms with Crippen LogP contribution in [0.15, 0.2) is 12.5 Å². The topological polar surface area (TPSA) is 47.4 Å². The lowest BCUT2D eigenvalue weighted by Gasteiger charge is -2.30. The number of aryl methyl sites for hydroxylation is 1. The van der Waals surface area contributed by atoms with Crippen LogP contribution in [0.2, 0.25) is 0 Å². The van der Waals surface area contributed by atoms with Gasteiger partial charge in [0.05, 0.1) is 24.5 Å². The van der Waals surface area contributed by atoms with E-state index in [0.29, 0.717) is 6.61 Å². The summed E-state index contributed by atoms with van der Waals surface area (Å²) < 4.78 is 7.11. The first-order valence-electron chi connectivity index (χ1n) is 6.55. The van der Waals surface area contributed by atoms with Gasteiger partial charge >= 0.3 is 5.97 Å². The fourth-order valence-corrected chi connectivity index (χ4v) is 2.35. The maximum absolute atomic E-state index is 11.6. The van der Waals surface area contributed by atoms with Gasteiger partial charge in [0, 0.05) is 19.8 Å². The van der Waals surface area contributed by atoms with Crippen LogP contribution < -0.4 is 0 Å². The van der Waals surface area contributed by atoms with Crippen molar-refractivity contribution in [3.05, 3.63) is 18.2 Å². The van der Waals surface area contributed by atoms with Crippen molar-refractivity contribution in [3.63, 3.8) is 0 Å². The number of piperidine rings is 1. The Labute approximate surface area is 108 Å². The van der Waals surface area contributed by atoms with Crippen LogP contribution in [-0.4, -0.2) is 40.1 Å². The molecule has 0 amide bonds. The number of hydrogen-bond donors (Lipinski definition) is 0. The largest absolute Gasteiger partial charge is 0.466 e. The molecule has 0 N–H and O–H groups in total. The van der Waals surface area contributed by atoms with Crippen LogP contribution in [-0.2, 0) is 23.1 Å². The van der Waals surface area contributed by atoms with Crippen LogP contribution in [0.3, 0.4) is 0 Å². The Balaban J connectivity index is 1.80. The van der Waals surface area contributed by atoms with Gasteiger partial charge in [0.25, 0.3) is 0 Å². The van der Waals surface area contributed by atoms with Crippen molar-refractivity contribution in [2.24, 2.45) is 13.0 Å². The van der Waals surface area contributed by atoms with Crippen molar-refractivity contribution in [2.45, 2.75) is 26.3 Å². The number of carbonyl (C=O) groups excluding carboxylic acids is 1. The summed E-state index contributed by atoms with van der Waals surface area (Å²) in [4.78, 5) is 18.1. The van der Waals surface area contributed by atoms with Gasteiger partial charge in [0.15, 0.2) is 0 Å². The molecule has 1 aliphatic rings. The van der Waals surface area contributed by atoms with Crippen molar-refractivity contribution in [1.82, 2.24) is 14.5 Å². The standard InChI is InChI=1S/C13H21N3O2/c1-3-18-13(17)11-4-6-16(7-5-11)9-12-8-14-10-15(12)2/h8,10-11H,3-7,9H2,1-2H3. The van der Waals surface area contributed by atoms with E-state index in [9.17, 15) is 4.79 Å². The van der Waals surface area contributed by atoms with Gasteiger partial charge in [0.1, 0.15) is 0 Å². The van der Waals surface area contributed by atoms with E-state index < -0.39 is 0 Å². The van der Waals surface area contributed by atoms with Crippen LogP contribution in [0.1, 0.15) is 25.5 Å². The molecule has 1 aliphatic heterocycles. The second-order valence-corrected chi connectivity index (χ2v) is 4.80. The van der Waals surface area contributed by atoms with Gasteiger partial charge in [-0.05, 0) is 32.9 Å². The highest BCUT2D eigenvalue weighted by atomic mass is 16.5. The summed E-state index contributed by atoms with van der Waals surface area (Å²) in [5.41, 5.74) is 1.21. The molecule has 1 aromatic heterocycles. The monoisotopic (exact) mass is 251 g/mol. The first-order chi connectivity index (χ1) is 8.70. The van der Waals surface area contributed by atoms with E-state index in [-0.39, 0.29) is 11.9 Å². The predicted octanol–water partition coefficient (Wildman–Crippen LogP) is 1.20. The van der Waals surface area contributed by atoms with Gasteiger partial charge in [-0.2, -0.15) is 0 Å². The van der Waals surface area contributed by atoms with Crippen LogP contribution in [0.5, 0.6) is 0 Å². The van der Waals surface area contributed by atoms with E-state index in [0.717, 1.165) is 32.5 Å². The zero-order valence-corrected chi connectivity index (χ0v) is 11.1. The zero-order chi connectivity index (χ0) is 13.0. The normalized spacial score (nSPS) is 17.9. The molecule has 1 aromatic rings. The Bertz CT molecular complexity index is 395. The average Bonchev–Trinajstić information content (AvgIpc) is 2.76. The van der Waals surface area contributed by atoms with E-state index in [1.807, 2.05) is 31.1 Å². The minimum absolute atomic E-state index is 0.0299. The Morgan fingerprint density at radius 1 is 1.50 bits per heavy atom. The van der Waals surface area contributed by atoms with Gasteiger partial charge in [-0.3, -0.25) is 9.69 Å². The lowest BCUT2D eigenvalue weighted by molar-refractivity contribution is -0.149. The molecular weight excluding hydrogens is 230 g/mol. The number of hydrogen-bond acceptors (Lipinski definition) is 4. The Morgan fingerprint density at radius 2 is 2.22 bits per heavy atom. The lowest BCUT2D eigenvalue weighted by Crippen LogP contribution is -2.36. The molecule has 2 rings (SSSR count). The van der Waals surface area contributed by atoms with Gasteiger partial charge in [-0.25, -0.2) is 4.98 Å². The Morgan fingerprint density at radius 3 is 2.78 bits per heavy atom. The van der Waals surface area contributed by atoms with Gasteiger partial charge in [0.2, 0.25) is 0 Å². The summed E-state index contributed by atoms with van der Waals surface area (Å²) >= 11 is 0. The van der Waals surface area contributed by atoms with Crippen LogP contribution in [0.25, 0.3) is 0 Å². The summed E-state index contributed by atoms with van der Waals surface area (Å²) in [6.45, 7) is 5.15. The molecule has 5 heteroatoms. The molecule has 0 unspecified atom stereocenters. The number of rotatable bonds is 4. The molecule has 5 nitrogen and oxygen atoms in total. The van der Waals surface area contributed by atoms with Crippen LogP contribution >= 0.6 is 0 Å². The molecule has 2 heterocycles. The first kappa shape index (κ1) is 13.1. The molecule has 18 heavy (non-hydrogen) atoms.